The number of fused-ring (bicyclic) bond motifs is 3. The minimum absolute atomic E-state index is 0.478. The van der Waals surface area contributed by atoms with Gasteiger partial charge in [-0.1, -0.05) is 23.2 Å². The molecule has 0 N–H and O–H groups in total. The van der Waals surface area contributed by atoms with E-state index in [1.54, 1.807) is 29.5 Å². The Morgan fingerprint density at radius 3 is 2.78 bits per heavy atom. The van der Waals surface area contributed by atoms with Gasteiger partial charge in [0, 0.05) is 9.90 Å². The van der Waals surface area contributed by atoms with Crippen molar-refractivity contribution >= 4 is 44.8 Å². The molecule has 1 aliphatic carbocycles. The topological polar surface area (TPSA) is 35.0 Å². The second kappa shape index (κ2) is 5.93. The maximum atomic E-state index is 6.24. The van der Waals surface area contributed by atoms with Crippen LogP contribution in [0.3, 0.4) is 0 Å². The summed E-state index contributed by atoms with van der Waals surface area (Å²) in [5.41, 5.74) is 1.34. The standard InChI is InChI=1S/C17H14Cl2N2OS/c1-9-20-16(22-13-7-6-10(18)8-12(13)19)15-11-4-2-3-5-14(11)23-17(15)21-9/h6-8H,2-5H2,1H3. The molecule has 0 bridgehead atoms. The highest BCUT2D eigenvalue weighted by molar-refractivity contribution is 7.18. The van der Waals surface area contributed by atoms with Gasteiger partial charge in [-0.3, -0.25) is 0 Å². The first-order valence-corrected chi connectivity index (χ1v) is 9.11. The number of benzene rings is 1. The summed E-state index contributed by atoms with van der Waals surface area (Å²) in [6.07, 6.45) is 4.63. The SMILES string of the molecule is Cc1nc(Oc2ccc(Cl)cc2Cl)c2c3c(sc2n1)CCCC3. The lowest BCUT2D eigenvalue weighted by molar-refractivity contribution is 0.466. The van der Waals surface area contributed by atoms with Gasteiger partial charge in [-0.15, -0.1) is 11.3 Å². The molecule has 118 valence electrons. The van der Waals surface area contributed by atoms with E-state index in [9.17, 15) is 0 Å². The largest absolute Gasteiger partial charge is 0.437 e. The molecular formula is C17H14Cl2N2OS. The first-order valence-electron chi connectivity index (χ1n) is 7.53. The van der Waals surface area contributed by atoms with Crippen LogP contribution in [0.2, 0.25) is 10.0 Å². The van der Waals surface area contributed by atoms with E-state index in [1.165, 1.54) is 23.3 Å². The third-order valence-electron chi connectivity index (χ3n) is 3.99. The Hall–Kier alpha value is -1.36. The van der Waals surface area contributed by atoms with E-state index in [0.29, 0.717) is 27.5 Å². The van der Waals surface area contributed by atoms with Crippen LogP contribution in [0.25, 0.3) is 10.2 Å². The summed E-state index contributed by atoms with van der Waals surface area (Å²) in [5.74, 6) is 1.86. The van der Waals surface area contributed by atoms with Crippen molar-refractivity contribution in [3.8, 4) is 11.6 Å². The fourth-order valence-electron chi connectivity index (χ4n) is 2.96. The molecule has 23 heavy (non-hydrogen) atoms. The molecule has 0 aliphatic heterocycles. The summed E-state index contributed by atoms with van der Waals surface area (Å²) >= 11 is 14.0. The van der Waals surface area contributed by atoms with Crippen LogP contribution in [0.5, 0.6) is 11.6 Å². The molecule has 2 heterocycles. The zero-order valence-electron chi connectivity index (χ0n) is 12.5. The fraction of sp³-hybridized carbons (Fsp3) is 0.294. The average Bonchev–Trinajstić information content (AvgIpc) is 2.88. The van der Waals surface area contributed by atoms with Crippen LogP contribution in [0.4, 0.5) is 0 Å². The molecule has 0 fully saturated rings. The van der Waals surface area contributed by atoms with E-state index >= 15 is 0 Å². The molecule has 3 nitrogen and oxygen atoms in total. The van der Waals surface area contributed by atoms with Crippen molar-refractivity contribution in [3.05, 3.63) is 44.5 Å². The highest BCUT2D eigenvalue weighted by Gasteiger charge is 2.22. The maximum absolute atomic E-state index is 6.24. The highest BCUT2D eigenvalue weighted by atomic mass is 35.5. The summed E-state index contributed by atoms with van der Waals surface area (Å²) in [4.78, 5) is 11.5. The molecule has 0 unspecified atom stereocenters. The normalized spacial score (nSPS) is 14.0. The highest BCUT2D eigenvalue weighted by Crippen LogP contribution is 2.41. The number of nitrogens with zero attached hydrogens (tertiary/aromatic N) is 2. The number of aromatic nitrogens is 2. The molecule has 1 aromatic carbocycles. The third-order valence-corrected chi connectivity index (χ3v) is 5.71. The maximum Gasteiger partial charge on any atom is 0.231 e. The monoisotopic (exact) mass is 364 g/mol. The molecule has 3 aromatic rings. The molecule has 0 radical (unpaired) electrons. The van der Waals surface area contributed by atoms with Crippen molar-refractivity contribution in [2.45, 2.75) is 32.6 Å². The van der Waals surface area contributed by atoms with Crippen LogP contribution < -0.4 is 4.74 Å². The van der Waals surface area contributed by atoms with Crippen LogP contribution in [0.1, 0.15) is 29.1 Å². The van der Waals surface area contributed by atoms with Gasteiger partial charge in [-0.05, 0) is 56.4 Å². The lowest BCUT2D eigenvalue weighted by atomic mass is 9.97. The van der Waals surface area contributed by atoms with E-state index in [2.05, 4.69) is 9.97 Å². The lowest BCUT2D eigenvalue weighted by Gasteiger charge is -2.13. The summed E-state index contributed by atoms with van der Waals surface area (Å²) in [6, 6.07) is 5.20. The van der Waals surface area contributed by atoms with Crippen LogP contribution in [-0.2, 0) is 12.8 Å². The van der Waals surface area contributed by atoms with E-state index in [4.69, 9.17) is 27.9 Å². The first-order chi connectivity index (χ1) is 11.1. The van der Waals surface area contributed by atoms with E-state index in [1.807, 2.05) is 6.92 Å². The second-order valence-corrected chi connectivity index (χ2v) is 7.57. The Balaban J connectivity index is 1.87. The Bertz CT molecular complexity index is 907. The van der Waals surface area contributed by atoms with Gasteiger partial charge in [0.25, 0.3) is 0 Å². The van der Waals surface area contributed by atoms with Gasteiger partial charge in [0.1, 0.15) is 16.4 Å². The van der Waals surface area contributed by atoms with E-state index < -0.39 is 0 Å². The molecule has 0 saturated heterocycles. The summed E-state index contributed by atoms with van der Waals surface area (Å²) < 4.78 is 6.05. The minimum atomic E-state index is 0.478. The number of hydrogen-bond donors (Lipinski definition) is 0. The molecular weight excluding hydrogens is 351 g/mol. The van der Waals surface area contributed by atoms with Crippen molar-refractivity contribution in [2.24, 2.45) is 0 Å². The van der Waals surface area contributed by atoms with E-state index in [0.717, 1.165) is 23.1 Å². The Kier molecular flexibility index (Phi) is 3.92. The zero-order valence-corrected chi connectivity index (χ0v) is 14.9. The zero-order chi connectivity index (χ0) is 16.0. The van der Waals surface area contributed by atoms with Gasteiger partial charge in [0.15, 0.2) is 0 Å². The van der Waals surface area contributed by atoms with Gasteiger partial charge < -0.3 is 4.74 Å². The van der Waals surface area contributed by atoms with Crippen LogP contribution >= 0.6 is 34.5 Å². The number of hydrogen-bond acceptors (Lipinski definition) is 4. The van der Waals surface area contributed by atoms with Crippen LogP contribution in [0.15, 0.2) is 18.2 Å². The number of aryl methyl sites for hydroxylation is 3. The molecule has 6 heteroatoms. The minimum Gasteiger partial charge on any atom is -0.437 e. The Labute approximate surface area is 148 Å². The molecule has 0 saturated carbocycles. The smallest absolute Gasteiger partial charge is 0.231 e. The number of thiophene rings is 1. The molecule has 2 aromatic heterocycles. The molecule has 0 amide bonds. The van der Waals surface area contributed by atoms with Gasteiger partial charge in [0.05, 0.1) is 10.4 Å². The van der Waals surface area contributed by atoms with Crippen LogP contribution in [-0.4, -0.2) is 9.97 Å². The van der Waals surface area contributed by atoms with Crippen molar-refractivity contribution in [1.29, 1.82) is 0 Å². The van der Waals surface area contributed by atoms with Gasteiger partial charge in [0.2, 0.25) is 5.88 Å². The number of halogens is 2. The van der Waals surface area contributed by atoms with Crippen molar-refractivity contribution in [2.75, 3.05) is 0 Å². The van der Waals surface area contributed by atoms with Gasteiger partial charge in [-0.25, -0.2) is 4.98 Å². The van der Waals surface area contributed by atoms with Gasteiger partial charge in [-0.2, -0.15) is 4.98 Å². The predicted octanol–water partition coefficient (Wildman–Crippen LogP) is 5.98. The predicted molar refractivity (Wildman–Crippen MR) is 95.3 cm³/mol. The van der Waals surface area contributed by atoms with Crippen molar-refractivity contribution < 1.29 is 4.74 Å². The molecule has 1 aliphatic rings. The van der Waals surface area contributed by atoms with Crippen molar-refractivity contribution in [3.63, 3.8) is 0 Å². The van der Waals surface area contributed by atoms with Gasteiger partial charge >= 0.3 is 0 Å². The molecule has 0 atom stereocenters. The molecule has 0 spiro atoms. The quantitative estimate of drug-likeness (QED) is 0.561. The number of ether oxygens (including phenoxy) is 1. The second-order valence-electron chi connectivity index (χ2n) is 5.64. The van der Waals surface area contributed by atoms with Crippen molar-refractivity contribution in [1.82, 2.24) is 9.97 Å². The molecule has 4 rings (SSSR count). The lowest BCUT2D eigenvalue weighted by Crippen LogP contribution is -2.00. The summed E-state index contributed by atoms with van der Waals surface area (Å²) in [5, 5.41) is 2.10. The first kappa shape index (κ1) is 15.2. The fourth-order valence-corrected chi connectivity index (χ4v) is 4.71. The summed E-state index contributed by atoms with van der Waals surface area (Å²) in [7, 11) is 0. The number of rotatable bonds is 2. The Morgan fingerprint density at radius 1 is 1.13 bits per heavy atom. The average molecular weight is 365 g/mol. The van der Waals surface area contributed by atoms with E-state index in [-0.39, 0.29) is 0 Å². The summed E-state index contributed by atoms with van der Waals surface area (Å²) in [6.45, 7) is 1.88. The Morgan fingerprint density at radius 2 is 1.96 bits per heavy atom. The van der Waals surface area contributed by atoms with Crippen LogP contribution in [0, 0.1) is 6.92 Å². The third kappa shape index (κ3) is 2.80.